The first-order valence-corrected chi connectivity index (χ1v) is 7.42. The number of amides is 1. The molecule has 1 aliphatic rings. The van der Waals surface area contributed by atoms with Gasteiger partial charge in [-0.2, -0.15) is 0 Å². The number of aromatic nitrogens is 2. The second-order valence-electron chi connectivity index (χ2n) is 5.60. The van der Waals surface area contributed by atoms with E-state index in [0.717, 1.165) is 34.9 Å². The first-order chi connectivity index (χ1) is 10.8. The second-order valence-corrected chi connectivity index (χ2v) is 5.60. The maximum Gasteiger partial charge on any atom is 0.228 e. The van der Waals surface area contributed by atoms with Crippen LogP contribution in [0.2, 0.25) is 0 Å². The number of anilines is 1. The smallest absolute Gasteiger partial charge is 0.228 e. The molecule has 0 aliphatic heterocycles. The number of benzene rings is 1. The Morgan fingerprint density at radius 1 is 1.00 bits per heavy atom. The molecule has 4 nitrogen and oxygen atoms in total. The van der Waals surface area contributed by atoms with Gasteiger partial charge in [0, 0.05) is 23.7 Å². The average Bonchev–Trinajstić information content (AvgIpc) is 3.40. The zero-order chi connectivity index (χ0) is 14.9. The van der Waals surface area contributed by atoms with E-state index in [4.69, 9.17) is 0 Å². The van der Waals surface area contributed by atoms with Crippen molar-refractivity contribution in [2.24, 2.45) is 5.92 Å². The molecule has 0 atom stereocenters. The lowest BCUT2D eigenvalue weighted by Crippen LogP contribution is -2.14. The summed E-state index contributed by atoms with van der Waals surface area (Å²) < 4.78 is 0. The highest BCUT2D eigenvalue weighted by molar-refractivity contribution is 5.94. The molecule has 4 heteroatoms. The van der Waals surface area contributed by atoms with Crippen molar-refractivity contribution >= 4 is 22.6 Å². The molecule has 2 aromatic heterocycles. The molecule has 1 aliphatic carbocycles. The minimum atomic E-state index is 0.0763. The molecule has 1 saturated carbocycles. The summed E-state index contributed by atoms with van der Waals surface area (Å²) >= 11 is 0. The van der Waals surface area contributed by atoms with Gasteiger partial charge in [0.15, 0.2) is 0 Å². The molecule has 0 spiro atoms. The molecule has 22 heavy (non-hydrogen) atoms. The fraction of sp³-hybridized carbons (Fsp3) is 0.167. The number of rotatable bonds is 3. The van der Waals surface area contributed by atoms with E-state index < -0.39 is 0 Å². The van der Waals surface area contributed by atoms with Gasteiger partial charge in [-0.15, -0.1) is 0 Å². The molecular formula is C18H15N3O. The van der Waals surface area contributed by atoms with Crippen LogP contribution in [0.3, 0.4) is 0 Å². The number of pyridine rings is 2. The van der Waals surface area contributed by atoms with Gasteiger partial charge in [0.2, 0.25) is 5.91 Å². The highest BCUT2D eigenvalue weighted by atomic mass is 16.2. The van der Waals surface area contributed by atoms with Crippen LogP contribution in [0.25, 0.3) is 22.0 Å². The lowest BCUT2D eigenvalue weighted by Gasteiger charge is -2.07. The minimum absolute atomic E-state index is 0.0763. The van der Waals surface area contributed by atoms with Crippen molar-refractivity contribution < 1.29 is 4.79 Å². The predicted octanol–water partition coefficient (Wildman–Crippen LogP) is 3.65. The molecule has 1 N–H and O–H groups in total. The van der Waals surface area contributed by atoms with Crippen molar-refractivity contribution in [1.82, 2.24) is 9.97 Å². The van der Waals surface area contributed by atoms with Gasteiger partial charge in [-0.05, 0) is 54.3 Å². The zero-order valence-electron chi connectivity index (χ0n) is 12.0. The van der Waals surface area contributed by atoms with Crippen LogP contribution in [0.1, 0.15) is 12.8 Å². The second kappa shape index (κ2) is 5.22. The van der Waals surface area contributed by atoms with Crippen LogP contribution < -0.4 is 5.32 Å². The Kier molecular flexibility index (Phi) is 3.07. The van der Waals surface area contributed by atoms with Crippen LogP contribution in [-0.4, -0.2) is 15.9 Å². The number of hydrogen-bond acceptors (Lipinski definition) is 3. The van der Waals surface area contributed by atoms with Crippen molar-refractivity contribution in [3.05, 3.63) is 54.9 Å². The van der Waals surface area contributed by atoms with Gasteiger partial charge in [-0.1, -0.05) is 12.1 Å². The van der Waals surface area contributed by atoms with Crippen LogP contribution >= 0.6 is 0 Å². The third-order valence-corrected chi connectivity index (χ3v) is 3.90. The molecule has 2 heterocycles. The highest BCUT2D eigenvalue weighted by Crippen LogP contribution is 2.30. The SMILES string of the molecule is O=C(Nc1cc(-c2ccc3ncccc3c2)ccn1)C1CC1. The Balaban J connectivity index is 1.66. The summed E-state index contributed by atoms with van der Waals surface area (Å²) in [6.45, 7) is 0. The molecule has 0 unspecified atom stereocenters. The van der Waals surface area contributed by atoms with Gasteiger partial charge in [0.05, 0.1) is 5.52 Å². The summed E-state index contributed by atoms with van der Waals surface area (Å²) in [5.41, 5.74) is 3.10. The quantitative estimate of drug-likeness (QED) is 0.800. The van der Waals surface area contributed by atoms with E-state index in [1.54, 1.807) is 12.4 Å². The molecule has 1 amide bonds. The number of fused-ring (bicyclic) bond motifs is 1. The van der Waals surface area contributed by atoms with E-state index in [1.807, 2.05) is 36.4 Å². The van der Waals surface area contributed by atoms with Crippen molar-refractivity contribution in [3.63, 3.8) is 0 Å². The molecular weight excluding hydrogens is 274 g/mol. The molecule has 0 bridgehead atoms. The third kappa shape index (κ3) is 2.55. The first-order valence-electron chi connectivity index (χ1n) is 7.42. The van der Waals surface area contributed by atoms with Crippen LogP contribution in [0.15, 0.2) is 54.9 Å². The van der Waals surface area contributed by atoms with Crippen LogP contribution in [0.5, 0.6) is 0 Å². The highest BCUT2D eigenvalue weighted by Gasteiger charge is 2.29. The maximum atomic E-state index is 11.8. The summed E-state index contributed by atoms with van der Waals surface area (Å²) in [6.07, 6.45) is 5.50. The zero-order valence-corrected chi connectivity index (χ0v) is 12.0. The van der Waals surface area contributed by atoms with E-state index in [2.05, 4.69) is 21.4 Å². The lowest BCUT2D eigenvalue weighted by atomic mass is 10.0. The van der Waals surface area contributed by atoms with Gasteiger partial charge in [-0.3, -0.25) is 9.78 Å². The van der Waals surface area contributed by atoms with Crippen LogP contribution in [-0.2, 0) is 4.79 Å². The molecule has 108 valence electrons. The Labute approximate surface area is 128 Å². The lowest BCUT2D eigenvalue weighted by molar-refractivity contribution is -0.117. The first kappa shape index (κ1) is 13.0. The number of carbonyl (C=O) groups is 1. The molecule has 0 radical (unpaired) electrons. The van der Waals surface area contributed by atoms with E-state index in [-0.39, 0.29) is 11.8 Å². The summed E-state index contributed by atoms with van der Waals surface area (Å²) in [7, 11) is 0. The van der Waals surface area contributed by atoms with Gasteiger partial charge in [0.25, 0.3) is 0 Å². The van der Waals surface area contributed by atoms with Gasteiger partial charge in [-0.25, -0.2) is 4.98 Å². The standard InChI is InChI=1S/C18H15N3O/c22-18(12-3-4-12)21-17-11-14(7-9-20-17)13-5-6-16-15(10-13)2-1-8-19-16/h1-2,5-12H,3-4H2,(H,20,21,22). The number of hydrogen-bond donors (Lipinski definition) is 1. The summed E-state index contributed by atoms with van der Waals surface area (Å²) in [6, 6.07) is 14.0. The Hall–Kier alpha value is -2.75. The Bertz CT molecular complexity index is 856. The van der Waals surface area contributed by atoms with Gasteiger partial charge >= 0.3 is 0 Å². The molecule has 1 aromatic carbocycles. The predicted molar refractivity (Wildman–Crippen MR) is 86.3 cm³/mol. The van der Waals surface area contributed by atoms with E-state index in [0.29, 0.717) is 5.82 Å². The largest absolute Gasteiger partial charge is 0.310 e. The normalized spacial score (nSPS) is 14.0. The number of nitrogens with zero attached hydrogens (tertiary/aromatic N) is 2. The Morgan fingerprint density at radius 2 is 1.86 bits per heavy atom. The maximum absolute atomic E-state index is 11.8. The van der Waals surface area contributed by atoms with E-state index in [9.17, 15) is 4.79 Å². The monoisotopic (exact) mass is 289 g/mol. The molecule has 4 rings (SSSR count). The van der Waals surface area contributed by atoms with Crippen molar-refractivity contribution in [1.29, 1.82) is 0 Å². The Morgan fingerprint density at radius 3 is 2.73 bits per heavy atom. The van der Waals surface area contributed by atoms with Crippen LogP contribution in [0, 0.1) is 5.92 Å². The average molecular weight is 289 g/mol. The van der Waals surface area contributed by atoms with E-state index in [1.165, 1.54) is 0 Å². The fourth-order valence-corrected chi connectivity index (χ4v) is 2.51. The van der Waals surface area contributed by atoms with Gasteiger partial charge in [0.1, 0.15) is 5.82 Å². The van der Waals surface area contributed by atoms with Crippen molar-refractivity contribution in [2.75, 3.05) is 5.32 Å². The number of carbonyl (C=O) groups excluding carboxylic acids is 1. The third-order valence-electron chi connectivity index (χ3n) is 3.90. The van der Waals surface area contributed by atoms with Gasteiger partial charge < -0.3 is 5.32 Å². The van der Waals surface area contributed by atoms with Crippen LogP contribution in [0.4, 0.5) is 5.82 Å². The summed E-state index contributed by atoms with van der Waals surface area (Å²) in [5, 5.41) is 3.99. The van der Waals surface area contributed by atoms with E-state index >= 15 is 0 Å². The fourth-order valence-electron chi connectivity index (χ4n) is 2.51. The molecule has 0 saturated heterocycles. The number of nitrogens with one attached hydrogen (secondary N) is 1. The minimum Gasteiger partial charge on any atom is -0.310 e. The van der Waals surface area contributed by atoms with Crippen molar-refractivity contribution in [3.8, 4) is 11.1 Å². The summed E-state index contributed by atoms with van der Waals surface area (Å²) in [5.74, 6) is 0.866. The van der Waals surface area contributed by atoms with Crippen molar-refractivity contribution in [2.45, 2.75) is 12.8 Å². The molecule has 3 aromatic rings. The topological polar surface area (TPSA) is 54.9 Å². The summed E-state index contributed by atoms with van der Waals surface area (Å²) in [4.78, 5) is 20.4. The molecule has 1 fully saturated rings.